The van der Waals surface area contributed by atoms with Crippen molar-refractivity contribution in [3.63, 3.8) is 0 Å². The summed E-state index contributed by atoms with van der Waals surface area (Å²) in [7, 11) is 0. The predicted octanol–water partition coefficient (Wildman–Crippen LogP) is 2.44. The SMILES string of the molecule is C1=CC(N2CC3(CCNCC3)C2)c2ccccc21. The van der Waals surface area contributed by atoms with Crippen LogP contribution < -0.4 is 5.32 Å². The highest BCUT2D eigenvalue weighted by Crippen LogP contribution is 2.45. The van der Waals surface area contributed by atoms with Gasteiger partial charge in [0.05, 0.1) is 6.04 Å². The van der Waals surface area contributed by atoms with Crippen molar-refractivity contribution >= 4 is 6.08 Å². The lowest BCUT2D eigenvalue weighted by Crippen LogP contribution is -2.60. The molecule has 2 saturated heterocycles. The van der Waals surface area contributed by atoms with Crippen LogP contribution in [0.4, 0.5) is 0 Å². The van der Waals surface area contributed by atoms with Crippen LogP contribution in [-0.2, 0) is 0 Å². The molecule has 94 valence electrons. The minimum absolute atomic E-state index is 0.543. The van der Waals surface area contributed by atoms with Gasteiger partial charge in [-0.05, 0) is 42.5 Å². The lowest BCUT2D eigenvalue weighted by molar-refractivity contribution is -0.0396. The van der Waals surface area contributed by atoms with Crippen molar-refractivity contribution in [1.82, 2.24) is 10.2 Å². The Balaban J connectivity index is 1.50. The topological polar surface area (TPSA) is 15.3 Å². The minimum Gasteiger partial charge on any atom is -0.317 e. The van der Waals surface area contributed by atoms with E-state index in [9.17, 15) is 0 Å². The number of hydrogen-bond acceptors (Lipinski definition) is 2. The molecule has 18 heavy (non-hydrogen) atoms. The average Bonchev–Trinajstić information content (AvgIpc) is 2.80. The van der Waals surface area contributed by atoms with Crippen molar-refractivity contribution in [2.75, 3.05) is 26.2 Å². The maximum absolute atomic E-state index is 3.48. The number of fused-ring (bicyclic) bond motifs is 1. The van der Waals surface area contributed by atoms with Crippen molar-refractivity contribution in [3.05, 3.63) is 41.5 Å². The van der Waals surface area contributed by atoms with Crippen LogP contribution in [-0.4, -0.2) is 31.1 Å². The fraction of sp³-hybridized carbons (Fsp3) is 0.500. The van der Waals surface area contributed by atoms with Crippen molar-refractivity contribution in [2.45, 2.75) is 18.9 Å². The van der Waals surface area contributed by atoms with Gasteiger partial charge < -0.3 is 5.32 Å². The van der Waals surface area contributed by atoms with E-state index in [0.29, 0.717) is 11.5 Å². The van der Waals surface area contributed by atoms with Gasteiger partial charge in [-0.15, -0.1) is 0 Å². The van der Waals surface area contributed by atoms with Crippen molar-refractivity contribution < 1.29 is 0 Å². The monoisotopic (exact) mass is 240 g/mol. The molecule has 0 aromatic heterocycles. The summed E-state index contributed by atoms with van der Waals surface area (Å²) in [5.41, 5.74) is 3.55. The van der Waals surface area contributed by atoms with Crippen molar-refractivity contribution in [3.8, 4) is 0 Å². The summed E-state index contributed by atoms with van der Waals surface area (Å²) in [5, 5.41) is 3.48. The number of likely N-dealkylation sites (tertiary alicyclic amines) is 1. The summed E-state index contributed by atoms with van der Waals surface area (Å²) in [5.74, 6) is 0. The second-order valence-corrected chi connectivity index (χ2v) is 6.09. The van der Waals surface area contributed by atoms with Crippen LogP contribution in [0.3, 0.4) is 0 Å². The molecule has 2 heteroatoms. The molecule has 2 nitrogen and oxygen atoms in total. The quantitative estimate of drug-likeness (QED) is 0.811. The van der Waals surface area contributed by atoms with Gasteiger partial charge in [0.2, 0.25) is 0 Å². The number of hydrogen-bond donors (Lipinski definition) is 1. The van der Waals surface area contributed by atoms with E-state index in [1.807, 2.05) is 0 Å². The second kappa shape index (κ2) is 3.94. The molecule has 3 aliphatic rings. The first-order chi connectivity index (χ1) is 8.86. The third-order valence-corrected chi connectivity index (χ3v) is 4.91. The van der Waals surface area contributed by atoms with E-state index in [2.05, 4.69) is 46.6 Å². The molecule has 1 aromatic carbocycles. The van der Waals surface area contributed by atoms with Crippen molar-refractivity contribution in [1.29, 1.82) is 0 Å². The molecular formula is C16H20N2. The van der Waals surface area contributed by atoms with Gasteiger partial charge in [0, 0.05) is 13.1 Å². The lowest BCUT2D eigenvalue weighted by atomic mass is 9.71. The van der Waals surface area contributed by atoms with Gasteiger partial charge in [-0.1, -0.05) is 36.4 Å². The first-order valence-electron chi connectivity index (χ1n) is 7.08. The van der Waals surface area contributed by atoms with E-state index in [0.717, 1.165) is 0 Å². The number of nitrogens with zero attached hydrogens (tertiary/aromatic N) is 1. The Morgan fingerprint density at radius 1 is 1.11 bits per heavy atom. The largest absolute Gasteiger partial charge is 0.317 e. The summed E-state index contributed by atoms with van der Waals surface area (Å²) in [4.78, 5) is 2.65. The highest BCUT2D eigenvalue weighted by molar-refractivity contribution is 5.62. The Hall–Kier alpha value is -1.12. The number of benzene rings is 1. The summed E-state index contributed by atoms with van der Waals surface area (Å²) >= 11 is 0. The maximum Gasteiger partial charge on any atom is 0.0541 e. The average molecular weight is 240 g/mol. The standard InChI is InChI=1S/C16H20N2/c1-2-4-14-13(3-1)5-6-15(14)18-11-16(12-18)7-9-17-10-8-16/h1-6,15,17H,7-12H2. The van der Waals surface area contributed by atoms with Gasteiger partial charge >= 0.3 is 0 Å². The molecule has 1 N–H and O–H groups in total. The van der Waals surface area contributed by atoms with E-state index < -0.39 is 0 Å². The molecular weight excluding hydrogens is 220 g/mol. The van der Waals surface area contributed by atoms with Crippen LogP contribution in [0.15, 0.2) is 30.3 Å². The van der Waals surface area contributed by atoms with Crippen LogP contribution in [0.1, 0.15) is 30.0 Å². The molecule has 4 rings (SSSR count). The highest BCUT2D eigenvalue weighted by atomic mass is 15.2. The summed E-state index contributed by atoms with van der Waals surface area (Å²) in [6, 6.07) is 9.36. The predicted molar refractivity (Wildman–Crippen MR) is 74.3 cm³/mol. The van der Waals surface area contributed by atoms with Crippen molar-refractivity contribution in [2.24, 2.45) is 5.41 Å². The summed E-state index contributed by atoms with van der Waals surface area (Å²) < 4.78 is 0. The van der Waals surface area contributed by atoms with Gasteiger partial charge in [-0.3, -0.25) is 4.90 Å². The molecule has 0 amide bonds. The number of nitrogens with one attached hydrogen (secondary N) is 1. The van der Waals surface area contributed by atoms with E-state index >= 15 is 0 Å². The van der Waals surface area contributed by atoms with E-state index in [4.69, 9.17) is 0 Å². The van der Waals surface area contributed by atoms with Crippen LogP contribution in [0.5, 0.6) is 0 Å². The third-order valence-electron chi connectivity index (χ3n) is 4.91. The third kappa shape index (κ3) is 1.56. The molecule has 0 bridgehead atoms. The zero-order valence-electron chi connectivity index (χ0n) is 10.7. The van der Waals surface area contributed by atoms with Crippen LogP contribution in [0, 0.1) is 5.41 Å². The molecule has 1 aromatic rings. The zero-order valence-corrected chi connectivity index (χ0v) is 10.7. The normalized spacial score (nSPS) is 29.2. The van der Waals surface area contributed by atoms with E-state index in [-0.39, 0.29) is 0 Å². The highest BCUT2D eigenvalue weighted by Gasteiger charge is 2.46. The Labute approximate surface area is 109 Å². The Morgan fingerprint density at radius 2 is 1.89 bits per heavy atom. The first kappa shape index (κ1) is 10.8. The molecule has 2 fully saturated rings. The zero-order chi connectivity index (χ0) is 12.0. The molecule has 1 atom stereocenters. The fourth-order valence-electron chi connectivity index (χ4n) is 3.83. The Kier molecular flexibility index (Phi) is 2.36. The summed E-state index contributed by atoms with van der Waals surface area (Å²) in [6.45, 7) is 5.01. The second-order valence-electron chi connectivity index (χ2n) is 6.09. The molecule has 1 aliphatic carbocycles. The smallest absolute Gasteiger partial charge is 0.0541 e. The van der Waals surface area contributed by atoms with Crippen LogP contribution in [0.25, 0.3) is 6.08 Å². The van der Waals surface area contributed by atoms with E-state index in [1.54, 1.807) is 0 Å². The van der Waals surface area contributed by atoms with Gasteiger partial charge in [-0.25, -0.2) is 0 Å². The Morgan fingerprint density at radius 3 is 2.72 bits per heavy atom. The fourth-order valence-corrected chi connectivity index (χ4v) is 3.83. The maximum atomic E-state index is 3.48. The van der Waals surface area contributed by atoms with Crippen LogP contribution in [0.2, 0.25) is 0 Å². The van der Waals surface area contributed by atoms with E-state index in [1.165, 1.54) is 50.1 Å². The van der Waals surface area contributed by atoms with Gasteiger partial charge in [0.1, 0.15) is 0 Å². The molecule has 1 unspecified atom stereocenters. The van der Waals surface area contributed by atoms with Crippen LogP contribution >= 0.6 is 0 Å². The first-order valence-corrected chi connectivity index (χ1v) is 7.08. The molecule has 2 aliphatic heterocycles. The molecule has 1 spiro atoms. The molecule has 0 radical (unpaired) electrons. The Bertz CT molecular complexity index is 478. The van der Waals surface area contributed by atoms with Gasteiger partial charge in [-0.2, -0.15) is 0 Å². The lowest BCUT2D eigenvalue weighted by Gasteiger charge is -2.54. The van der Waals surface area contributed by atoms with Gasteiger partial charge in [0.25, 0.3) is 0 Å². The summed E-state index contributed by atoms with van der Waals surface area (Å²) in [6.07, 6.45) is 7.38. The van der Waals surface area contributed by atoms with Gasteiger partial charge in [0.15, 0.2) is 0 Å². The molecule has 0 saturated carbocycles. The minimum atomic E-state index is 0.543. The number of piperidine rings is 1. The number of rotatable bonds is 1. The molecule has 2 heterocycles.